The van der Waals surface area contributed by atoms with E-state index in [1.807, 2.05) is 0 Å². The molecule has 0 N–H and O–H groups in total. The van der Waals surface area contributed by atoms with E-state index in [4.69, 9.17) is 0 Å². The summed E-state index contributed by atoms with van der Waals surface area (Å²) in [6.45, 7) is 21.3. The molecule has 0 spiro atoms. The van der Waals surface area contributed by atoms with Crippen molar-refractivity contribution in [2.24, 2.45) is 0 Å². The zero-order valence-electron chi connectivity index (χ0n) is 54.3. The Bertz CT molecular complexity index is 1740. The predicted molar refractivity (Wildman–Crippen MR) is 357 cm³/mol. The van der Waals surface area contributed by atoms with E-state index in [2.05, 4.69) is 126 Å². The third kappa shape index (κ3) is 48.9. The molecule has 460 valence electrons. The van der Waals surface area contributed by atoms with Crippen molar-refractivity contribution in [3.8, 4) is 11.8 Å². The second-order valence-corrected chi connectivity index (χ2v) is 23.5. The number of allylic oxidation sites excluding steroid dienone is 2. The Hall–Kier alpha value is -2.61. The molecule has 80 heavy (non-hydrogen) atoms. The van der Waals surface area contributed by atoms with Crippen molar-refractivity contribution in [1.29, 1.82) is 0 Å². The van der Waals surface area contributed by atoms with Gasteiger partial charge in [0.2, 0.25) is 0 Å². The Balaban J connectivity index is 0. The van der Waals surface area contributed by atoms with Crippen LogP contribution in [0.1, 0.15) is 378 Å². The average molecular weight is 1140 g/mol. The molecule has 2 aromatic carbocycles. The first-order valence-corrected chi connectivity index (χ1v) is 34.9. The van der Waals surface area contributed by atoms with E-state index in [-0.39, 0.29) is 16.5 Å². The molecule has 3 heteroatoms. The van der Waals surface area contributed by atoms with Gasteiger partial charge in [-0.3, -0.25) is 0 Å². The van der Waals surface area contributed by atoms with Gasteiger partial charge in [-0.05, 0) is 91.2 Å². The zero-order valence-corrected chi connectivity index (χ0v) is 55.3. The molecule has 2 nitrogen and oxygen atoms in total. The summed E-state index contributed by atoms with van der Waals surface area (Å²) in [4.78, 5) is 3.47. The Morgan fingerprint density at radius 2 is 0.787 bits per heavy atom. The largest absolute Gasteiger partial charge is 2.00 e. The molecule has 0 bridgehead atoms. The summed E-state index contributed by atoms with van der Waals surface area (Å²) < 4.78 is 0. The van der Waals surface area contributed by atoms with E-state index in [1.54, 1.807) is 0 Å². The second-order valence-electron chi connectivity index (χ2n) is 23.5. The van der Waals surface area contributed by atoms with Gasteiger partial charge in [-0.15, -0.1) is 16.6 Å². The van der Waals surface area contributed by atoms with Crippen molar-refractivity contribution in [3.63, 3.8) is 0 Å². The van der Waals surface area contributed by atoms with Crippen LogP contribution < -0.4 is 0 Å². The minimum absolute atomic E-state index is 0. The molecule has 0 saturated carbocycles. The molecule has 0 aromatic heterocycles. The van der Waals surface area contributed by atoms with Gasteiger partial charge in [0.15, 0.2) is 0 Å². The summed E-state index contributed by atoms with van der Waals surface area (Å²) in [5.41, 5.74) is 18.7. The van der Waals surface area contributed by atoms with Gasteiger partial charge in [-0.2, -0.15) is 12.8 Å². The number of hydrogen-bond acceptors (Lipinski definition) is 0. The topological polar surface area (TPSA) is 36.4 Å². The van der Waals surface area contributed by atoms with Gasteiger partial charge in [0, 0.05) is 12.8 Å². The quantitative estimate of drug-likeness (QED) is 0.00925. The van der Waals surface area contributed by atoms with Crippen molar-refractivity contribution < 1.29 is 21.3 Å². The average Bonchev–Trinajstić information content (AvgIpc) is 3.51. The first-order valence-electron chi connectivity index (χ1n) is 34.9. The Morgan fingerprint density at radius 3 is 1.21 bits per heavy atom. The van der Waals surface area contributed by atoms with Gasteiger partial charge < -0.3 is 19.4 Å². The second kappa shape index (κ2) is 65.5. The third-order valence-corrected chi connectivity index (χ3v) is 16.0. The van der Waals surface area contributed by atoms with Gasteiger partial charge in [-0.1, -0.05) is 334 Å². The van der Waals surface area contributed by atoms with E-state index in [0.29, 0.717) is 0 Å². The fourth-order valence-corrected chi connectivity index (χ4v) is 10.8. The number of benzene rings is 2. The smallest absolute Gasteiger partial charge is 0.348 e. The standard InChI is InChI=1S/C53H82N2.2C12H25.Ni/c1-5-9-13-14-15-16-17-18-19-20-21-22-23-24-25-26-27-28-29-30-31-32-33-40-48-41-34-35-44-51(48)53(49-42-36-38-47(45-49)37-10-6-2)52(43-12-8-4)50(46-55-54)39-11-7-3;2*1-3-5-7-9-11-12-10-8-6-4-2;/h34-36,38,41-42,44-45H,5-29,32-33,37,39-40,43H2,1-4H3;2*1,3-12H2,2H3;/q;2*-1;+2. The first kappa shape index (κ1) is 79.5. The minimum Gasteiger partial charge on any atom is -0.348 e. The van der Waals surface area contributed by atoms with E-state index in [1.165, 1.54) is 277 Å². The maximum absolute atomic E-state index is 9.73. The summed E-state index contributed by atoms with van der Waals surface area (Å²) in [7, 11) is 0. The Kier molecular flexibility index (Phi) is 65.1. The van der Waals surface area contributed by atoms with Crippen LogP contribution in [0.2, 0.25) is 0 Å². The van der Waals surface area contributed by atoms with Crippen LogP contribution in [-0.2, 0) is 29.3 Å². The molecule has 0 aliphatic carbocycles. The van der Waals surface area contributed by atoms with Crippen molar-refractivity contribution in [2.45, 2.75) is 369 Å². The maximum atomic E-state index is 9.73. The molecule has 0 fully saturated rings. The maximum Gasteiger partial charge on any atom is 2.00 e. The van der Waals surface area contributed by atoms with Crippen LogP contribution in [-0.4, -0.2) is 10.7 Å². The summed E-state index contributed by atoms with van der Waals surface area (Å²) in [5.74, 6) is 10.1. The Morgan fingerprint density at radius 1 is 0.400 bits per heavy atom. The molecule has 0 heterocycles. The molecule has 2 aromatic rings. The Labute approximate surface area is 511 Å². The minimum atomic E-state index is 0. The van der Waals surface area contributed by atoms with Crippen LogP contribution in [0.3, 0.4) is 0 Å². The van der Waals surface area contributed by atoms with Crippen LogP contribution >= 0.6 is 0 Å². The van der Waals surface area contributed by atoms with E-state index in [9.17, 15) is 5.53 Å². The number of nitrogens with zero attached hydrogens (tertiary/aromatic N) is 2. The summed E-state index contributed by atoms with van der Waals surface area (Å²) >= 11 is 0. The zero-order chi connectivity index (χ0) is 57.6. The molecular formula is C77H132N2Ni. The number of rotatable bonds is 51. The van der Waals surface area contributed by atoms with Gasteiger partial charge in [-0.25, -0.2) is 0 Å². The van der Waals surface area contributed by atoms with Crippen molar-refractivity contribution in [1.82, 2.24) is 0 Å². The summed E-state index contributed by atoms with van der Waals surface area (Å²) in [6, 6.07) is 18.2. The fraction of sp³-hybridized carbons (Fsp3) is 0.740. The van der Waals surface area contributed by atoms with Crippen LogP contribution in [0, 0.1) is 25.7 Å². The van der Waals surface area contributed by atoms with Crippen LogP contribution in [0.25, 0.3) is 11.1 Å². The molecular weight excluding hydrogens is 1010 g/mol. The molecule has 2 rings (SSSR count). The summed E-state index contributed by atoms with van der Waals surface area (Å²) in [6.07, 6.45) is 66.9. The number of unbranched alkanes of at least 4 members (excludes halogenated alkanes) is 40. The molecule has 0 aliphatic heterocycles. The van der Waals surface area contributed by atoms with Crippen LogP contribution in [0.4, 0.5) is 0 Å². The number of aryl methyl sites for hydroxylation is 2. The summed E-state index contributed by atoms with van der Waals surface area (Å²) in [5, 5.41) is 0. The van der Waals surface area contributed by atoms with Crippen LogP contribution in [0.15, 0.2) is 59.7 Å². The predicted octanol–water partition coefficient (Wildman–Crippen LogP) is 26.3. The molecule has 0 amide bonds. The van der Waals surface area contributed by atoms with E-state index >= 15 is 0 Å². The van der Waals surface area contributed by atoms with E-state index < -0.39 is 0 Å². The van der Waals surface area contributed by atoms with E-state index in [0.717, 1.165) is 89.0 Å². The number of hydrogen-bond donors (Lipinski definition) is 0. The van der Waals surface area contributed by atoms with Gasteiger partial charge >= 0.3 is 22.4 Å². The SMILES string of the molecule is CCCCCCCCCCCCCCCCCCCCC#CCCCc1ccccc1C(=C(CCCC)C(=C=[N+]=[N-])CCCC)c1cccc(CCCC)c1.[CH2-]CCCCCCCCCCC.[CH2-]CCCCCCCCCCC.[Ni+2]. The fourth-order valence-electron chi connectivity index (χ4n) is 10.8. The molecule has 0 radical (unpaired) electrons. The van der Waals surface area contributed by atoms with Gasteiger partial charge in [0.05, 0.1) is 5.57 Å². The van der Waals surface area contributed by atoms with Crippen LogP contribution in [0.5, 0.6) is 0 Å². The monoisotopic (exact) mass is 1140 g/mol. The molecule has 0 atom stereocenters. The third-order valence-electron chi connectivity index (χ3n) is 16.0. The van der Waals surface area contributed by atoms with Crippen molar-refractivity contribution in [2.75, 3.05) is 0 Å². The first-order chi connectivity index (χ1) is 39.0. The van der Waals surface area contributed by atoms with Crippen molar-refractivity contribution >= 4 is 11.4 Å². The molecule has 0 aliphatic rings. The van der Waals surface area contributed by atoms with Gasteiger partial charge in [0.25, 0.3) is 0 Å². The molecule has 0 unspecified atom stereocenters. The normalized spacial score (nSPS) is 11.0. The van der Waals surface area contributed by atoms with Crippen molar-refractivity contribution in [3.05, 3.63) is 101 Å². The molecule has 0 saturated heterocycles. The van der Waals surface area contributed by atoms with Gasteiger partial charge in [0.1, 0.15) is 0 Å².